The third-order valence-electron chi connectivity index (χ3n) is 2.81. The maximum absolute atomic E-state index is 5.03. The SMILES string of the molecule is C=CCNC(=S)N/N=C\c1ccc(N(CC)CC)cc1. The van der Waals surface area contributed by atoms with E-state index in [0.717, 1.165) is 18.7 Å². The van der Waals surface area contributed by atoms with E-state index in [1.165, 1.54) is 5.69 Å². The summed E-state index contributed by atoms with van der Waals surface area (Å²) in [7, 11) is 0. The lowest BCUT2D eigenvalue weighted by Crippen LogP contribution is -2.31. The van der Waals surface area contributed by atoms with Crippen LogP contribution in [0, 0.1) is 0 Å². The van der Waals surface area contributed by atoms with Crippen LogP contribution < -0.4 is 15.6 Å². The van der Waals surface area contributed by atoms with Crippen LogP contribution in [0.4, 0.5) is 5.69 Å². The molecule has 0 fully saturated rings. The number of anilines is 1. The van der Waals surface area contributed by atoms with Crippen molar-refractivity contribution < 1.29 is 0 Å². The second kappa shape index (κ2) is 9.09. The van der Waals surface area contributed by atoms with E-state index < -0.39 is 0 Å². The van der Waals surface area contributed by atoms with Gasteiger partial charge in [0, 0.05) is 25.3 Å². The van der Waals surface area contributed by atoms with Gasteiger partial charge < -0.3 is 10.2 Å². The van der Waals surface area contributed by atoms with Crippen molar-refractivity contribution >= 4 is 29.2 Å². The third-order valence-corrected chi connectivity index (χ3v) is 3.04. The van der Waals surface area contributed by atoms with Crippen LogP contribution >= 0.6 is 12.2 Å². The Hall–Kier alpha value is -1.88. The highest BCUT2D eigenvalue weighted by Crippen LogP contribution is 2.13. The van der Waals surface area contributed by atoms with E-state index in [1.807, 2.05) is 12.1 Å². The molecule has 0 saturated carbocycles. The minimum Gasteiger partial charge on any atom is -0.372 e. The Morgan fingerprint density at radius 2 is 1.95 bits per heavy atom. The Morgan fingerprint density at radius 3 is 2.50 bits per heavy atom. The average molecular weight is 290 g/mol. The van der Waals surface area contributed by atoms with Gasteiger partial charge in [0.2, 0.25) is 0 Å². The van der Waals surface area contributed by atoms with Crippen LogP contribution in [0.15, 0.2) is 42.0 Å². The molecule has 0 radical (unpaired) electrons. The van der Waals surface area contributed by atoms with E-state index >= 15 is 0 Å². The fraction of sp³-hybridized carbons (Fsp3) is 0.333. The van der Waals surface area contributed by atoms with Crippen molar-refractivity contribution in [2.45, 2.75) is 13.8 Å². The molecule has 1 rings (SSSR count). The highest BCUT2D eigenvalue weighted by Gasteiger charge is 2.00. The summed E-state index contributed by atoms with van der Waals surface area (Å²) in [6, 6.07) is 8.28. The van der Waals surface area contributed by atoms with E-state index in [2.05, 4.69) is 53.3 Å². The molecule has 0 atom stereocenters. The first-order chi connectivity index (χ1) is 9.71. The Morgan fingerprint density at radius 1 is 1.30 bits per heavy atom. The van der Waals surface area contributed by atoms with Crippen LogP contribution in [0.25, 0.3) is 0 Å². The Kier molecular flexibility index (Phi) is 7.35. The summed E-state index contributed by atoms with van der Waals surface area (Å²) in [6.45, 7) is 10.6. The molecule has 0 unspecified atom stereocenters. The topological polar surface area (TPSA) is 39.7 Å². The first kappa shape index (κ1) is 16.2. The Balaban J connectivity index is 2.52. The summed E-state index contributed by atoms with van der Waals surface area (Å²) in [5.41, 5.74) is 5.01. The molecular formula is C15H22N4S. The number of hydrogen-bond donors (Lipinski definition) is 2. The number of benzene rings is 1. The van der Waals surface area contributed by atoms with Gasteiger partial charge >= 0.3 is 0 Å². The number of thiocarbonyl (C=S) groups is 1. The standard InChI is InChI=1S/C15H22N4S/c1-4-11-16-15(20)18-17-12-13-7-9-14(10-8-13)19(5-2)6-3/h4,7-10,12H,1,5-6,11H2,2-3H3,(H2,16,18,20)/b17-12-. The number of rotatable bonds is 7. The van der Waals surface area contributed by atoms with Gasteiger partial charge in [-0.25, -0.2) is 0 Å². The molecule has 1 aromatic carbocycles. The fourth-order valence-electron chi connectivity index (χ4n) is 1.73. The lowest BCUT2D eigenvalue weighted by molar-refractivity contribution is 0.866. The molecule has 0 aliphatic carbocycles. The quantitative estimate of drug-likeness (QED) is 0.350. The first-order valence-corrected chi connectivity index (χ1v) is 7.14. The van der Waals surface area contributed by atoms with Crippen LogP contribution in [-0.4, -0.2) is 31.0 Å². The Bertz CT molecular complexity index is 449. The van der Waals surface area contributed by atoms with E-state index in [-0.39, 0.29) is 0 Å². The first-order valence-electron chi connectivity index (χ1n) is 6.74. The maximum atomic E-state index is 5.03. The highest BCUT2D eigenvalue weighted by atomic mass is 32.1. The monoisotopic (exact) mass is 290 g/mol. The third kappa shape index (κ3) is 5.40. The predicted octanol–water partition coefficient (Wildman–Crippen LogP) is 2.52. The number of hydrogen-bond acceptors (Lipinski definition) is 3. The van der Waals surface area contributed by atoms with Crippen LogP contribution in [-0.2, 0) is 0 Å². The van der Waals surface area contributed by atoms with Gasteiger partial charge in [0.25, 0.3) is 0 Å². The minimum atomic E-state index is 0.487. The molecule has 0 aliphatic heterocycles. The molecule has 0 heterocycles. The molecular weight excluding hydrogens is 268 g/mol. The molecule has 108 valence electrons. The second-order valence-corrected chi connectivity index (χ2v) is 4.54. The molecule has 0 aromatic heterocycles. The largest absolute Gasteiger partial charge is 0.372 e. The molecule has 0 aliphatic rings. The zero-order valence-electron chi connectivity index (χ0n) is 12.1. The predicted molar refractivity (Wildman–Crippen MR) is 91.5 cm³/mol. The van der Waals surface area contributed by atoms with Crippen molar-refractivity contribution in [3.05, 3.63) is 42.5 Å². The normalized spacial score (nSPS) is 10.3. The molecule has 0 bridgehead atoms. The Labute approximate surface area is 126 Å². The molecule has 1 aromatic rings. The lowest BCUT2D eigenvalue weighted by atomic mass is 10.2. The van der Waals surface area contributed by atoms with Crippen LogP contribution in [0.3, 0.4) is 0 Å². The van der Waals surface area contributed by atoms with Gasteiger partial charge in [0.15, 0.2) is 5.11 Å². The fourth-order valence-corrected chi connectivity index (χ4v) is 1.87. The van der Waals surface area contributed by atoms with Crippen LogP contribution in [0.2, 0.25) is 0 Å². The van der Waals surface area contributed by atoms with E-state index in [4.69, 9.17) is 12.2 Å². The van der Waals surface area contributed by atoms with Crippen molar-refractivity contribution in [1.29, 1.82) is 0 Å². The van der Waals surface area contributed by atoms with Gasteiger partial charge in [-0.3, -0.25) is 5.43 Å². The maximum Gasteiger partial charge on any atom is 0.187 e. The average Bonchev–Trinajstić information content (AvgIpc) is 2.48. The smallest absolute Gasteiger partial charge is 0.187 e. The number of hydrazone groups is 1. The van der Waals surface area contributed by atoms with E-state index in [0.29, 0.717) is 11.7 Å². The summed E-state index contributed by atoms with van der Waals surface area (Å²) in [5.74, 6) is 0. The van der Waals surface area contributed by atoms with Gasteiger partial charge in [-0.15, -0.1) is 6.58 Å². The molecule has 5 heteroatoms. The molecule has 0 saturated heterocycles. The molecule has 4 nitrogen and oxygen atoms in total. The van der Waals surface area contributed by atoms with Crippen molar-refractivity contribution in [3.8, 4) is 0 Å². The zero-order valence-corrected chi connectivity index (χ0v) is 12.9. The molecule has 20 heavy (non-hydrogen) atoms. The summed E-state index contributed by atoms with van der Waals surface area (Å²) in [4.78, 5) is 2.30. The summed E-state index contributed by atoms with van der Waals surface area (Å²) in [6.07, 6.45) is 3.48. The molecule has 0 spiro atoms. The highest BCUT2D eigenvalue weighted by molar-refractivity contribution is 7.80. The van der Waals surface area contributed by atoms with Gasteiger partial charge in [0.1, 0.15) is 0 Å². The zero-order chi connectivity index (χ0) is 14.8. The van der Waals surface area contributed by atoms with Crippen LogP contribution in [0.1, 0.15) is 19.4 Å². The van der Waals surface area contributed by atoms with E-state index in [9.17, 15) is 0 Å². The van der Waals surface area contributed by atoms with Gasteiger partial charge in [-0.05, 0) is 43.8 Å². The van der Waals surface area contributed by atoms with Crippen molar-refractivity contribution in [2.75, 3.05) is 24.5 Å². The van der Waals surface area contributed by atoms with Crippen molar-refractivity contribution in [1.82, 2.24) is 10.7 Å². The summed E-state index contributed by atoms with van der Waals surface area (Å²) < 4.78 is 0. The van der Waals surface area contributed by atoms with Crippen molar-refractivity contribution in [3.63, 3.8) is 0 Å². The van der Waals surface area contributed by atoms with Gasteiger partial charge in [-0.1, -0.05) is 18.2 Å². The summed E-state index contributed by atoms with van der Waals surface area (Å²) in [5, 5.41) is 7.51. The minimum absolute atomic E-state index is 0.487. The van der Waals surface area contributed by atoms with Gasteiger partial charge in [-0.2, -0.15) is 5.10 Å². The molecule has 0 amide bonds. The molecule has 2 N–H and O–H groups in total. The van der Waals surface area contributed by atoms with Crippen LogP contribution in [0.5, 0.6) is 0 Å². The summed E-state index contributed by atoms with van der Waals surface area (Å²) >= 11 is 5.03. The van der Waals surface area contributed by atoms with Crippen molar-refractivity contribution in [2.24, 2.45) is 5.10 Å². The number of nitrogens with zero attached hydrogens (tertiary/aromatic N) is 2. The van der Waals surface area contributed by atoms with Gasteiger partial charge in [0.05, 0.1) is 6.21 Å². The lowest BCUT2D eigenvalue weighted by Gasteiger charge is -2.20. The van der Waals surface area contributed by atoms with E-state index in [1.54, 1.807) is 12.3 Å². The second-order valence-electron chi connectivity index (χ2n) is 4.13. The number of nitrogens with one attached hydrogen (secondary N) is 2.